The van der Waals surface area contributed by atoms with E-state index < -0.39 is 0 Å². The van der Waals surface area contributed by atoms with Crippen molar-refractivity contribution in [3.05, 3.63) is 42.0 Å². The predicted molar refractivity (Wildman–Crippen MR) is 123 cm³/mol. The molecule has 4 aromatic rings. The molecule has 0 spiro atoms. The van der Waals surface area contributed by atoms with Gasteiger partial charge in [-0.3, -0.25) is 9.48 Å². The van der Waals surface area contributed by atoms with E-state index in [1.807, 2.05) is 0 Å². The largest absolute Gasteiger partial charge is 0.347 e. The number of hydrogen-bond donors (Lipinski definition) is 3. The number of aromatic nitrogens is 5. The van der Waals surface area contributed by atoms with Gasteiger partial charge in [-0.25, -0.2) is 14.4 Å². The number of H-pyrrole nitrogens is 1. The summed E-state index contributed by atoms with van der Waals surface area (Å²) in [7, 11) is 1.75. The maximum absolute atomic E-state index is 13.7. The molecule has 0 radical (unpaired) electrons. The summed E-state index contributed by atoms with van der Waals surface area (Å²) in [5, 5.41) is 8.44. The minimum Gasteiger partial charge on any atom is -0.347 e. The van der Waals surface area contributed by atoms with Gasteiger partial charge in [0.25, 0.3) is 5.91 Å². The van der Waals surface area contributed by atoms with Crippen LogP contribution in [0.1, 0.15) is 43.0 Å². The summed E-state index contributed by atoms with van der Waals surface area (Å²) >= 11 is 0. The molecule has 1 fully saturated rings. The third-order valence-electron chi connectivity index (χ3n) is 6.23. The molecule has 10 heteroatoms. The number of hydrogen-bond acceptors (Lipinski definition) is 5. The summed E-state index contributed by atoms with van der Waals surface area (Å²) in [5.74, 6) is -0.519. The van der Waals surface area contributed by atoms with Gasteiger partial charge < -0.3 is 16.0 Å². The number of rotatable bonds is 3. The molecule has 0 bridgehead atoms. The van der Waals surface area contributed by atoms with E-state index in [0.717, 1.165) is 31.1 Å². The van der Waals surface area contributed by atoms with Crippen molar-refractivity contribution in [3.63, 3.8) is 0 Å². The van der Waals surface area contributed by atoms with Crippen molar-refractivity contribution >= 4 is 40.4 Å². The second-order valence-electron chi connectivity index (χ2n) is 8.64. The highest BCUT2D eigenvalue weighted by molar-refractivity contribution is 6.05. The number of carbonyl (C=O) groups excluding carboxylic acids is 1. The summed E-state index contributed by atoms with van der Waals surface area (Å²) in [6.45, 7) is 2.06. The number of nitrogens with zero attached hydrogens (tertiary/aromatic N) is 4. The Morgan fingerprint density at radius 3 is 2.84 bits per heavy atom. The van der Waals surface area contributed by atoms with Gasteiger partial charge in [-0.05, 0) is 50.8 Å². The molecule has 3 heterocycles. The second-order valence-corrected chi connectivity index (χ2v) is 8.64. The van der Waals surface area contributed by atoms with Gasteiger partial charge in [0.15, 0.2) is 5.65 Å². The van der Waals surface area contributed by atoms with Crippen LogP contribution in [0.15, 0.2) is 30.6 Å². The monoisotopic (exact) mass is 457 g/mol. The summed E-state index contributed by atoms with van der Waals surface area (Å²) in [6, 6.07) is 4.71. The molecule has 1 aliphatic rings. The van der Waals surface area contributed by atoms with Crippen LogP contribution in [0.2, 0.25) is 0 Å². The average Bonchev–Trinajstić information content (AvgIpc) is 3.31. The van der Waals surface area contributed by atoms with Crippen molar-refractivity contribution in [3.8, 4) is 11.4 Å². The summed E-state index contributed by atoms with van der Waals surface area (Å²) < 4.78 is 15.3. The zero-order valence-electron chi connectivity index (χ0n) is 17.9. The normalized spacial score (nSPS) is 20.9. The van der Waals surface area contributed by atoms with Crippen molar-refractivity contribution in [1.82, 2.24) is 30.0 Å². The fourth-order valence-corrected chi connectivity index (χ4v) is 4.34. The lowest BCUT2D eigenvalue weighted by molar-refractivity contribution is 0.0879. The molecule has 3 aromatic heterocycles. The molecule has 4 N–H and O–H groups in total. The summed E-state index contributed by atoms with van der Waals surface area (Å²) in [4.78, 5) is 25.2. The van der Waals surface area contributed by atoms with E-state index in [9.17, 15) is 9.18 Å². The van der Waals surface area contributed by atoms with Crippen LogP contribution in [0.5, 0.6) is 0 Å². The molecule has 1 saturated carbocycles. The van der Waals surface area contributed by atoms with Gasteiger partial charge in [-0.15, -0.1) is 12.4 Å². The Balaban J connectivity index is 0.00000245. The van der Waals surface area contributed by atoms with Crippen LogP contribution in [-0.4, -0.2) is 42.2 Å². The average molecular weight is 458 g/mol. The van der Waals surface area contributed by atoms with Crippen molar-refractivity contribution in [2.45, 2.75) is 44.2 Å². The molecule has 32 heavy (non-hydrogen) atoms. The van der Waals surface area contributed by atoms with E-state index in [2.05, 4.69) is 27.3 Å². The summed E-state index contributed by atoms with van der Waals surface area (Å²) in [5.41, 5.74) is 8.93. The lowest BCUT2D eigenvalue weighted by Gasteiger charge is -2.36. The van der Waals surface area contributed by atoms with E-state index in [0.29, 0.717) is 33.6 Å². The molecule has 1 amide bonds. The number of carbonyl (C=O) groups is 1. The van der Waals surface area contributed by atoms with Crippen molar-refractivity contribution in [2.24, 2.45) is 12.8 Å². The van der Waals surface area contributed by atoms with E-state index in [-0.39, 0.29) is 35.7 Å². The third kappa shape index (κ3) is 3.82. The van der Waals surface area contributed by atoms with Gasteiger partial charge >= 0.3 is 0 Å². The van der Waals surface area contributed by atoms with Gasteiger partial charge in [0.2, 0.25) is 0 Å². The van der Waals surface area contributed by atoms with Gasteiger partial charge in [-0.1, -0.05) is 0 Å². The topological polar surface area (TPSA) is 115 Å². The van der Waals surface area contributed by atoms with E-state index >= 15 is 0 Å². The van der Waals surface area contributed by atoms with E-state index in [1.54, 1.807) is 30.2 Å². The summed E-state index contributed by atoms with van der Waals surface area (Å²) in [6.07, 6.45) is 6.71. The number of nitrogens with two attached hydrogens (primary N) is 1. The predicted octanol–water partition coefficient (Wildman–Crippen LogP) is 3.46. The highest BCUT2D eigenvalue weighted by Crippen LogP contribution is 2.30. The molecular formula is C22H25ClFN7O. The minimum absolute atomic E-state index is 0. The number of amides is 1. The first-order valence-corrected chi connectivity index (χ1v) is 10.4. The molecule has 1 aromatic carbocycles. The van der Waals surface area contributed by atoms with Crippen molar-refractivity contribution in [2.75, 3.05) is 0 Å². The fourth-order valence-electron chi connectivity index (χ4n) is 4.34. The van der Waals surface area contributed by atoms with Gasteiger partial charge in [0, 0.05) is 30.2 Å². The molecule has 0 aliphatic heterocycles. The van der Waals surface area contributed by atoms with E-state index in [4.69, 9.17) is 10.7 Å². The smallest absolute Gasteiger partial charge is 0.255 e. The number of benzene rings is 1. The number of aromatic amines is 1. The number of nitrogens with one attached hydrogen (secondary N) is 2. The van der Waals surface area contributed by atoms with Crippen LogP contribution < -0.4 is 11.1 Å². The molecule has 1 aliphatic carbocycles. The van der Waals surface area contributed by atoms with Crippen LogP contribution >= 0.6 is 12.4 Å². The first kappa shape index (κ1) is 22.2. The highest BCUT2D eigenvalue weighted by atomic mass is 35.5. The minimum atomic E-state index is -0.328. The Morgan fingerprint density at radius 2 is 2.09 bits per heavy atom. The molecular weight excluding hydrogens is 433 g/mol. The highest BCUT2D eigenvalue weighted by Gasteiger charge is 2.32. The molecule has 5 rings (SSSR count). The maximum atomic E-state index is 13.7. The Morgan fingerprint density at radius 1 is 1.34 bits per heavy atom. The SMILES string of the molecule is Cl.Cn1nc(-c2cnc3[nH]cc(C(=O)N[C@]4(C)CC[C@@H](N)CC4)c3n2)c2ccc(F)cc21. The Bertz CT molecular complexity index is 1310. The molecule has 168 valence electrons. The molecule has 8 nitrogen and oxygen atoms in total. The fraction of sp³-hybridized carbons (Fsp3) is 0.364. The quantitative estimate of drug-likeness (QED) is 0.436. The first-order chi connectivity index (χ1) is 14.8. The van der Waals surface area contributed by atoms with Crippen molar-refractivity contribution < 1.29 is 9.18 Å². The number of fused-ring (bicyclic) bond motifs is 2. The van der Waals surface area contributed by atoms with Gasteiger partial charge in [0.05, 0.1) is 17.3 Å². The van der Waals surface area contributed by atoms with Crippen molar-refractivity contribution in [1.29, 1.82) is 0 Å². The second kappa shape index (κ2) is 8.14. The van der Waals surface area contributed by atoms with E-state index in [1.165, 1.54) is 12.1 Å². The maximum Gasteiger partial charge on any atom is 0.255 e. The van der Waals surface area contributed by atoms with Crippen LogP contribution in [0, 0.1) is 5.82 Å². The Labute approximate surface area is 190 Å². The lowest BCUT2D eigenvalue weighted by atomic mass is 9.81. The first-order valence-electron chi connectivity index (χ1n) is 10.4. The Kier molecular flexibility index (Phi) is 5.64. The lowest BCUT2D eigenvalue weighted by Crippen LogP contribution is -2.50. The van der Waals surface area contributed by atoms with Crippen LogP contribution in [0.3, 0.4) is 0 Å². The number of halogens is 2. The molecule has 0 atom stereocenters. The number of aryl methyl sites for hydroxylation is 1. The van der Waals surface area contributed by atoms with Crippen LogP contribution in [0.4, 0.5) is 4.39 Å². The van der Waals surface area contributed by atoms with Crippen LogP contribution in [0.25, 0.3) is 33.5 Å². The zero-order valence-corrected chi connectivity index (χ0v) is 18.7. The Hall–Kier alpha value is -3.04. The third-order valence-corrected chi connectivity index (χ3v) is 6.23. The van der Waals surface area contributed by atoms with Gasteiger partial charge in [0.1, 0.15) is 22.7 Å². The van der Waals surface area contributed by atoms with Crippen LogP contribution in [-0.2, 0) is 7.05 Å². The molecule has 0 unspecified atom stereocenters. The zero-order chi connectivity index (χ0) is 21.8. The standard InChI is InChI=1S/C22H24FN7O.ClH/c1-22(7-5-13(24)6-8-22)28-21(31)15-10-25-20-19(15)27-16(11-26-20)18-14-4-3-12(23)9-17(14)30(2)29-18;/h3-4,9-11,13H,5-8,24H2,1-2H3,(H,25,26)(H,28,31);1H/t13-,22-;. The van der Waals surface area contributed by atoms with Gasteiger partial charge in [-0.2, -0.15) is 5.10 Å². The molecule has 0 saturated heterocycles.